The molecular formula is C29H41N3O6Si. The van der Waals surface area contributed by atoms with Gasteiger partial charge in [0.1, 0.15) is 25.4 Å². The van der Waals surface area contributed by atoms with Crippen molar-refractivity contribution in [3.63, 3.8) is 0 Å². The number of fused-ring (bicyclic) bond motifs is 1. The molecule has 39 heavy (non-hydrogen) atoms. The third kappa shape index (κ3) is 7.46. The number of benzene rings is 2. The first-order chi connectivity index (χ1) is 18.8. The zero-order valence-corrected chi connectivity index (χ0v) is 24.6. The Morgan fingerprint density at radius 1 is 1.00 bits per heavy atom. The van der Waals surface area contributed by atoms with Crippen molar-refractivity contribution in [3.05, 3.63) is 71.8 Å². The summed E-state index contributed by atoms with van der Waals surface area (Å²) in [6.07, 6.45) is -1.71. The predicted octanol–water partition coefficient (Wildman–Crippen LogP) is 5.58. The van der Waals surface area contributed by atoms with Crippen LogP contribution in [0.2, 0.25) is 18.1 Å². The van der Waals surface area contributed by atoms with E-state index in [9.17, 15) is 4.79 Å². The number of hydrogen-bond donors (Lipinski definition) is 1. The van der Waals surface area contributed by atoms with Gasteiger partial charge in [-0.05, 0) is 43.1 Å². The first-order valence-electron chi connectivity index (χ1n) is 13.8. The van der Waals surface area contributed by atoms with E-state index in [1.54, 1.807) is 5.06 Å². The summed E-state index contributed by atoms with van der Waals surface area (Å²) >= 11 is 0. The average Bonchev–Trinajstić information content (AvgIpc) is 2.95. The van der Waals surface area contributed by atoms with Crippen molar-refractivity contribution in [2.24, 2.45) is 4.99 Å². The van der Waals surface area contributed by atoms with Crippen LogP contribution in [0.5, 0.6) is 0 Å². The van der Waals surface area contributed by atoms with E-state index in [1.807, 2.05) is 74.5 Å². The van der Waals surface area contributed by atoms with Gasteiger partial charge < -0.3 is 18.6 Å². The van der Waals surface area contributed by atoms with Crippen molar-refractivity contribution in [1.29, 1.82) is 0 Å². The Morgan fingerprint density at radius 3 is 2.18 bits per heavy atom. The molecule has 1 amide bonds. The number of amides is 1. The molecule has 2 heterocycles. The monoisotopic (exact) mass is 555 g/mol. The van der Waals surface area contributed by atoms with Crippen LogP contribution in [0.1, 0.15) is 45.7 Å². The molecule has 4 rings (SSSR count). The topological polar surface area (TPSA) is 90.9 Å². The Bertz CT molecular complexity index is 1090. The highest BCUT2D eigenvalue weighted by Crippen LogP contribution is 2.35. The molecule has 0 bridgehead atoms. The minimum atomic E-state index is -2.15. The Morgan fingerprint density at radius 2 is 1.59 bits per heavy atom. The molecule has 10 heteroatoms. The van der Waals surface area contributed by atoms with Crippen LogP contribution >= 0.6 is 0 Å². The Balaban J connectivity index is 1.63. The number of ether oxygens (including phenoxy) is 3. The fraction of sp³-hybridized carbons (Fsp3) is 0.517. The van der Waals surface area contributed by atoms with E-state index < -0.39 is 32.5 Å². The van der Waals surface area contributed by atoms with Gasteiger partial charge in [0.2, 0.25) is 5.96 Å². The molecule has 2 aromatic rings. The lowest BCUT2D eigenvalue weighted by Crippen LogP contribution is -2.67. The van der Waals surface area contributed by atoms with Crippen LogP contribution in [-0.4, -0.2) is 56.2 Å². The molecule has 1 N–H and O–H groups in total. The molecule has 212 valence electrons. The van der Waals surface area contributed by atoms with E-state index in [2.05, 4.69) is 26.1 Å². The van der Waals surface area contributed by atoms with Gasteiger partial charge in [-0.1, -0.05) is 81.4 Å². The summed E-state index contributed by atoms with van der Waals surface area (Å²) < 4.78 is 24.9. The number of rotatable bonds is 10. The van der Waals surface area contributed by atoms with E-state index in [-0.39, 0.29) is 25.2 Å². The first kappa shape index (κ1) is 29.2. The van der Waals surface area contributed by atoms with Crippen molar-refractivity contribution in [3.8, 4) is 0 Å². The van der Waals surface area contributed by atoms with E-state index in [0.717, 1.165) is 29.3 Å². The van der Waals surface area contributed by atoms with Crippen LogP contribution in [0.4, 0.5) is 4.79 Å². The number of hydrogen-bond acceptors (Lipinski definition) is 8. The highest BCUT2D eigenvalue weighted by atomic mass is 28.4. The average molecular weight is 556 g/mol. The number of aliphatic imine (C=N–C) groups is 1. The third-order valence-corrected chi connectivity index (χ3v) is 12.0. The van der Waals surface area contributed by atoms with Gasteiger partial charge in [-0.2, -0.15) is 5.06 Å². The number of carbonyl (C=O) groups is 1. The second kappa shape index (κ2) is 13.1. The molecule has 0 spiro atoms. The normalized spacial score (nSPS) is 22.5. The second-order valence-electron chi connectivity index (χ2n) is 10.3. The smallest absolute Gasteiger partial charge is 0.414 e. The van der Waals surface area contributed by atoms with Gasteiger partial charge in [-0.3, -0.25) is 10.2 Å². The molecule has 0 aromatic heterocycles. The Hall–Kier alpha value is -2.76. The number of nitrogens with one attached hydrogen (secondary N) is 1. The van der Waals surface area contributed by atoms with Crippen LogP contribution < -0.4 is 5.32 Å². The number of hydroxylamine groups is 2. The van der Waals surface area contributed by atoms with Gasteiger partial charge in [0.15, 0.2) is 20.3 Å². The molecule has 0 unspecified atom stereocenters. The van der Waals surface area contributed by atoms with Gasteiger partial charge in [-0.15, -0.1) is 0 Å². The third-order valence-electron chi connectivity index (χ3n) is 7.35. The SMILES string of the molecule is CC[Si](CC)(CC)O[C@@H]1[C@H]2OC(C)(C)OC[C@H]2N=C(NC(=O)OCc2ccccc2)N1OCc1ccccc1. The van der Waals surface area contributed by atoms with Crippen molar-refractivity contribution >= 4 is 20.4 Å². The highest BCUT2D eigenvalue weighted by molar-refractivity contribution is 6.73. The van der Waals surface area contributed by atoms with Crippen molar-refractivity contribution in [2.75, 3.05) is 6.61 Å². The van der Waals surface area contributed by atoms with Crippen LogP contribution in [0.15, 0.2) is 65.7 Å². The lowest BCUT2D eigenvalue weighted by atomic mass is 10.1. The van der Waals surface area contributed by atoms with Crippen LogP contribution in [-0.2, 0) is 36.7 Å². The quantitative estimate of drug-likeness (QED) is 0.383. The highest BCUT2D eigenvalue weighted by Gasteiger charge is 2.51. The lowest BCUT2D eigenvalue weighted by molar-refractivity contribution is -0.327. The first-order valence-corrected chi connectivity index (χ1v) is 16.3. The summed E-state index contributed by atoms with van der Waals surface area (Å²) in [5, 5.41) is 4.38. The summed E-state index contributed by atoms with van der Waals surface area (Å²) in [5.41, 5.74) is 1.86. The van der Waals surface area contributed by atoms with E-state index in [1.165, 1.54) is 0 Å². The van der Waals surface area contributed by atoms with Gasteiger partial charge in [0.25, 0.3) is 0 Å². The maximum atomic E-state index is 12.9. The maximum absolute atomic E-state index is 12.9. The van der Waals surface area contributed by atoms with E-state index >= 15 is 0 Å². The number of alkyl carbamates (subject to hydrolysis) is 1. The molecular weight excluding hydrogens is 514 g/mol. The molecule has 1 fully saturated rings. The molecule has 0 saturated carbocycles. The van der Waals surface area contributed by atoms with E-state index in [4.69, 9.17) is 28.5 Å². The molecule has 9 nitrogen and oxygen atoms in total. The zero-order valence-electron chi connectivity index (χ0n) is 23.6. The van der Waals surface area contributed by atoms with Crippen LogP contribution in [0.3, 0.4) is 0 Å². The number of guanidine groups is 1. The van der Waals surface area contributed by atoms with Gasteiger partial charge in [0, 0.05) is 0 Å². The summed E-state index contributed by atoms with van der Waals surface area (Å²) in [5.74, 6) is -0.592. The molecule has 0 aliphatic carbocycles. The standard InChI is InChI=1S/C29H41N3O6Si/c1-6-39(7-2,8-3)38-26-25-24(21-35-29(4,5)37-25)30-27(32(26)36-20-23-17-13-10-14-18-23)31-28(33)34-19-22-15-11-9-12-16-22/h9-18,24-26H,6-8,19-21H2,1-5H3,(H,30,31,33)/t24-,25+,26-/m1/s1. The minimum absolute atomic E-state index is 0.134. The molecule has 2 aliphatic rings. The summed E-state index contributed by atoms with van der Waals surface area (Å²) in [7, 11) is -2.15. The minimum Gasteiger partial charge on any atom is -0.444 e. The van der Waals surface area contributed by atoms with E-state index in [0.29, 0.717) is 6.61 Å². The van der Waals surface area contributed by atoms with Crippen molar-refractivity contribution < 1.29 is 28.3 Å². The molecule has 2 aromatic carbocycles. The fourth-order valence-electron chi connectivity index (χ4n) is 4.81. The van der Waals surface area contributed by atoms with Crippen molar-refractivity contribution in [1.82, 2.24) is 10.4 Å². The van der Waals surface area contributed by atoms with Gasteiger partial charge in [0.05, 0.1) is 6.61 Å². The summed E-state index contributed by atoms with van der Waals surface area (Å²) in [6, 6.07) is 21.8. The molecule has 3 atom stereocenters. The largest absolute Gasteiger partial charge is 0.444 e. The Kier molecular flexibility index (Phi) is 9.79. The molecule has 2 aliphatic heterocycles. The fourth-order valence-corrected chi connectivity index (χ4v) is 7.55. The molecule has 0 radical (unpaired) electrons. The number of carbonyl (C=O) groups excluding carboxylic acids is 1. The lowest BCUT2D eigenvalue weighted by Gasteiger charge is -2.50. The van der Waals surface area contributed by atoms with Crippen LogP contribution in [0, 0.1) is 0 Å². The molecule has 1 saturated heterocycles. The van der Waals surface area contributed by atoms with Gasteiger partial charge in [-0.25, -0.2) is 9.79 Å². The second-order valence-corrected chi connectivity index (χ2v) is 15.1. The predicted molar refractivity (Wildman–Crippen MR) is 151 cm³/mol. The number of nitrogens with zero attached hydrogens (tertiary/aromatic N) is 2. The van der Waals surface area contributed by atoms with Crippen molar-refractivity contribution in [2.45, 2.75) is 90.1 Å². The van der Waals surface area contributed by atoms with Crippen LogP contribution in [0.25, 0.3) is 0 Å². The van der Waals surface area contributed by atoms with Gasteiger partial charge >= 0.3 is 6.09 Å². The zero-order chi connectivity index (χ0) is 27.9. The summed E-state index contributed by atoms with van der Waals surface area (Å²) in [6.45, 7) is 11.0. The Labute approximate surface area is 232 Å². The maximum Gasteiger partial charge on any atom is 0.414 e. The summed E-state index contributed by atoms with van der Waals surface area (Å²) in [4.78, 5) is 24.1.